The Morgan fingerprint density at radius 1 is 1.40 bits per heavy atom. The van der Waals surface area contributed by atoms with Crippen molar-refractivity contribution in [1.82, 2.24) is 0 Å². The molecular weight excluding hydrogens is 188 g/mol. The minimum Gasteiger partial charge on any atom is -0.508 e. The summed E-state index contributed by atoms with van der Waals surface area (Å²) in [5, 5.41) is 9.07. The summed E-state index contributed by atoms with van der Waals surface area (Å²) < 4.78 is 0. The minimum absolute atomic E-state index is 0.0818. The highest BCUT2D eigenvalue weighted by molar-refractivity contribution is 5.95. The number of allylic oxidation sites excluding steroid dienone is 1. The second-order valence-corrected chi connectivity index (χ2v) is 3.64. The van der Waals surface area contributed by atoms with Gasteiger partial charge in [0.15, 0.2) is 5.78 Å². The van der Waals surface area contributed by atoms with Crippen LogP contribution in [0, 0.1) is 5.92 Å². The summed E-state index contributed by atoms with van der Waals surface area (Å²) in [6, 6.07) is 6.76. The maximum absolute atomic E-state index is 11.5. The molecule has 0 aliphatic heterocycles. The molecule has 1 aromatic rings. The number of ketones is 1. The van der Waals surface area contributed by atoms with Gasteiger partial charge in [0.1, 0.15) is 5.75 Å². The van der Waals surface area contributed by atoms with Gasteiger partial charge in [-0.1, -0.05) is 32.1 Å². The van der Waals surface area contributed by atoms with Crippen molar-refractivity contribution in [2.24, 2.45) is 5.92 Å². The van der Waals surface area contributed by atoms with Gasteiger partial charge in [0, 0.05) is 5.92 Å². The number of benzene rings is 1. The summed E-state index contributed by atoms with van der Waals surface area (Å²) in [4.78, 5) is 11.5. The lowest BCUT2D eigenvalue weighted by Gasteiger charge is -2.01. The average Bonchev–Trinajstić information content (AvgIpc) is 2.26. The van der Waals surface area contributed by atoms with E-state index in [1.165, 1.54) is 0 Å². The van der Waals surface area contributed by atoms with Gasteiger partial charge >= 0.3 is 0 Å². The monoisotopic (exact) mass is 204 g/mol. The Balaban J connectivity index is 2.65. The zero-order chi connectivity index (χ0) is 11.3. The molecule has 0 aliphatic rings. The number of carbonyl (C=O) groups excluding carboxylic acids is 1. The number of phenolic OH excluding ortho intramolecular Hbond substituents is 1. The highest BCUT2D eigenvalue weighted by atomic mass is 16.3. The lowest BCUT2D eigenvalue weighted by Crippen LogP contribution is -2.05. The quantitative estimate of drug-likeness (QED) is 0.765. The third-order valence-corrected chi connectivity index (χ3v) is 2.43. The maximum atomic E-state index is 11.5. The summed E-state index contributed by atoms with van der Waals surface area (Å²) in [6.45, 7) is 3.92. The average molecular weight is 204 g/mol. The summed E-state index contributed by atoms with van der Waals surface area (Å²) in [7, 11) is 0. The van der Waals surface area contributed by atoms with Crippen molar-refractivity contribution >= 4 is 11.9 Å². The van der Waals surface area contributed by atoms with E-state index in [9.17, 15) is 4.79 Å². The number of hydrogen-bond acceptors (Lipinski definition) is 2. The topological polar surface area (TPSA) is 37.3 Å². The molecule has 0 spiro atoms. The summed E-state index contributed by atoms with van der Waals surface area (Å²) in [5.41, 5.74) is 0.921. The fraction of sp³-hybridized carbons (Fsp3) is 0.308. The SMILES string of the molecule is CCC(C)C(=O)/C=C/c1ccc(O)cc1. The number of aromatic hydroxyl groups is 1. The molecule has 0 radical (unpaired) electrons. The first-order valence-electron chi connectivity index (χ1n) is 5.14. The predicted octanol–water partition coefficient (Wildman–Crippen LogP) is 3.02. The molecule has 0 heterocycles. The van der Waals surface area contributed by atoms with Crippen LogP contribution >= 0.6 is 0 Å². The fourth-order valence-electron chi connectivity index (χ4n) is 1.13. The zero-order valence-corrected chi connectivity index (χ0v) is 9.10. The molecule has 0 aromatic heterocycles. The molecule has 1 atom stereocenters. The third-order valence-electron chi connectivity index (χ3n) is 2.43. The van der Waals surface area contributed by atoms with Crippen LogP contribution in [-0.2, 0) is 4.79 Å². The molecule has 0 saturated heterocycles. The molecule has 2 heteroatoms. The molecule has 1 aromatic carbocycles. The molecule has 0 amide bonds. The summed E-state index contributed by atoms with van der Waals surface area (Å²) in [5.74, 6) is 0.462. The molecule has 0 saturated carbocycles. The highest BCUT2D eigenvalue weighted by Gasteiger charge is 2.05. The van der Waals surface area contributed by atoms with Crippen LogP contribution in [0.15, 0.2) is 30.3 Å². The van der Waals surface area contributed by atoms with E-state index in [4.69, 9.17) is 5.11 Å². The number of rotatable bonds is 4. The smallest absolute Gasteiger partial charge is 0.158 e. The van der Waals surface area contributed by atoms with E-state index in [1.54, 1.807) is 36.4 Å². The molecule has 0 aliphatic carbocycles. The Kier molecular flexibility index (Phi) is 4.10. The Labute approximate surface area is 90.3 Å². The largest absolute Gasteiger partial charge is 0.508 e. The Bertz CT molecular complexity index is 349. The highest BCUT2D eigenvalue weighted by Crippen LogP contribution is 2.11. The van der Waals surface area contributed by atoms with Crippen molar-refractivity contribution in [3.05, 3.63) is 35.9 Å². The van der Waals surface area contributed by atoms with E-state index in [0.717, 1.165) is 12.0 Å². The van der Waals surface area contributed by atoms with Crippen molar-refractivity contribution in [1.29, 1.82) is 0 Å². The second kappa shape index (κ2) is 5.35. The Morgan fingerprint density at radius 3 is 2.53 bits per heavy atom. The van der Waals surface area contributed by atoms with Crippen LogP contribution in [0.5, 0.6) is 5.75 Å². The number of carbonyl (C=O) groups is 1. The van der Waals surface area contributed by atoms with Gasteiger partial charge in [0.2, 0.25) is 0 Å². The van der Waals surface area contributed by atoms with E-state index in [-0.39, 0.29) is 17.5 Å². The lowest BCUT2D eigenvalue weighted by molar-refractivity contribution is -0.117. The number of hydrogen-bond donors (Lipinski definition) is 1. The van der Waals surface area contributed by atoms with Crippen LogP contribution in [0.4, 0.5) is 0 Å². The van der Waals surface area contributed by atoms with E-state index in [1.807, 2.05) is 13.8 Å². The van der Waals surface area contributed by atoms with Crippen molar-refractivity contribution < 1.29 is 9.90 Å². The van der Waals surface area contributed by atoms with Gasteiger partial charge in [-0.2, -0.15) is 0 Å². The zero-order valence-electron chi connectivity index (χ0n) is 9.10. The van der Waals surface area contributed by atoms with Gasteiger partial charge in [-0.05, 0) is 30.2 Å². The Hall–Kier alpha value is -1.57. The summed E-state index contributed by atoms with van der Waals surface area (Å²) >= 11 is 0. The molecule has 1 unspecified atom stereocenters. The maximum Gasteiger partial charge on any atom is 0.158 e. The van der Waals surface area contributed by atoms with Gasteiger partial charge in [-0.15, -0.1) is 0 Å². The first kappa shape index (κ1) is 11.5. The standard InChI is InChI=1S/C13H16O2/c1-3-10(2)13(15)9-6-11-4-7-12(14)8-5-11/h4-10,14H,3H2,1-2H3/b9-6+. The van der Waals surface area contributed by atoms with Crippen molar-refractivity contribution in [2.45, 2.75) is 20.3 Å². The normalized spacial score (nSPS) is 12.9. The van der Waals surface area contributed by atoms with Crippen LogP contribution < -0.4 is 0 Å². The minimum atomic E-state index is 0.0818. The van der Waals surface area contributed by atoms with Crippen molar-refractivity contribution in [3.8, 4) is 5.75 Å². The van der Waals surface area contributed by atoms with Crippen molar-refractivity contribution in [2.75, 3.05) is 0 Å². The van der Waals surface area contributed by atoms with Gasteiger partial charge in [-0.3, -0.25) is 4.79 Å². The molecule has 0 fully saturated rings. The van der Waals surface area contributed by atoms with Crippen LogP contribution in [0.1, 0.15) is 25.8 Å². The van der Waals surface area contributed by atoms with Crippen LogP contribution in [0.2, 0.25) is 0 Å². The van der Waals surface area contributed by atoms with Gasteiger partial charge in [0.25, 0.3) is 0 Å². The van der Waals surface area contributed by atoms with Gasteiger partial charge in [0.05, 0.1) is 0 Å². The van der Waals surface area contributed by atoms with Gasteiger partial charge in [-0.25, -0.2) is 0 Å². The number of phenols is 1. The molecule has 0 bridgehead atoms. The molecule has 1 N–H and O–H groups in total. The first-order chi connectivity index (χ1) is 7.13. The van der Waals surface area contributed by atoms with Crippen molar-refractivity contribution in [3.63, 3.8) is 0 Å². The van der Waals surface area contributed by atoms with Gasteiger partial charge < -0.3 is 5.11 Å². The van der Waals surface area contributed by atoms with E-state index < -0.39 is 0 Å². The fourth-order valence-corrected chi connectivity index (χ4v) is 1.13. The molecule has 80 valence electrons. The molecule has 2 nitrogen and oxygen atoms in total. The van der Waals surface area contributed by atoms with Crippen LogP contribution in [0.25, 0.3) is 6.08 Å². The lowest BCUT2D eigenvalue weighted by atomic mass is 10.0. The van der Waals surface area contributed by atoms with E-state index >= 15 is 0 Å². The van der Waals surface area contributed by atoms with E-state index in [2.05, 4.69) is 0 Å². The second-order valence-electron chi connectivity index (χ2n) is 3.64. The Morgan fingerprint density at radius 2 is 2.00 bits per heavy atom. The molecule has 15 heavy (non-hydrogen) atoms. The predicted molar refractivity (Wildman–Crippen MR) is 61.6 cm³/mol. The first-order valence-corrected chi connectivity index (χ1v) is 5.14. The van der Waals surface area contributed by atoms with Crippen LogP contribution in [0.3, 0.4) is 0 Å². The van der Waals surface area contributed by atoms with E-state index in [0.29, 0.717) is 0 Å². The summed E-state index contributed by atoms with van der Waals surface area (Å²) in [6.07, 6.45) is 4.23. The third kappa shape index (κ3) is 3.58. The molecular formula is C13H16O2. The van der Waals surface area contributed by atoms with Crippen LogP contribution in [-0.4, -0.2) is 10.9 Å². The molecule has 1 rings (SSSR count).